The van der Waals surface area contributed by atoms with Gasteiger partial charge in [-0.05, 0) is 36.3 Å². The molecule has 0 atom stereocenters. The second-order valence-corrected chi connectivity index (χ2v) is 5.71. The van der Waals surface area contributed by atoms with Gasteiger partial charge in [0.25, 0.3) is 5.91 Å². The van der Waals surface area contributed by atoms with Gasteiger partial charge in [-0.15, -0.1) is 0 Å². The van der Waals surface area contributed by atoms with Gasteiger partial charge in [0.05, 0.1) is 4.91 Å². The molecule has 0 aliphatic carbocycles. The van der Waals surface area contributed by atoms with Crippen molar-refractivity contribution < 1.29 is 24.6 Å². The Morgan fingerprint density at radius 1 is 1.33 bits per heavy atom. The third-order valence-corrected chi connectivity index (χ3v) is 4.07. The first-order chi connectivity index (χ1) is 9.81. The lowest BCUT2D eigenvalue weighted by atomic mass is 10.1. The van der Waals surface area contributed by atoms with Crippen molar-refractivity contribution in [2.24, 2.45) is 0 Å². The van der Waals surface area contributed by atoms with E-state index in [1.165, 1.54) is 22.7 Å². The Labute approximate surface area is 130 Å². The molecular weight excluding hydrogens is 314 g/mol. The summed E-state index contributed by atoms with van der Waals surface area (Å²) in [5.74, 6) is -0.501. The minimum absolute atomic E-state index is 0.143. The molecule has 21 heavy (non-hydrogen) atoms. The van der Waals surface area contributed by atoms with Crippen LogP contribution in [0, 0.1) is 6.92 Å². The molecule has 1 aromatic rings. The molecular formula is C13H11NO5S2. The average molecular weight is 325 g/mol. The third kappa shape index (κ3) is 3.91. The van der Waals surface area contributed by atoms with Crippen molar-refractivity contribution >= 4 is 46.4 Å². The molecule has 0 aromatic heterocycles. The number of carbonyl (C=O) groups excluding carboxylic acids is 3. The van der Waals surface area contributed by atoms with Crippen LogP contribution in [0.15, 0.2) is 17.0 Å². The van der Waals surface area contributed by atoms with E-state index in [9.17, 15) is 15.0 Å². The molecule has 0 spiro atoms. The minimum Gasteiger partial charge on any atom is -0.504 e. The van der Waals surface area contributed by atoms with Crippen LogP contribution in [0.4, 0.5) is 0 Å². The fourth-order valence-corrected chi connectivity index (χ4v) is 2.75. The lowest BCUT2D eigenvalue weighted by Gasteiger charge is -2.05. The van der Waals surface area contributed by atoms with Crippen LogP contribution < -0.4 is 0 Å². The van der Waals surface area contributed by atoms with Gasteiger partial charge in [0.15, 0.2) is 11.5 Å². The standard InChI is InChI=1S/C12H11NO3S2.CO2/c1-6-3-7(4-8(14)10(6)15)5-9-11(16)13(2)12(17)18-9;2-1-3/h3-5,14-15H,1-2H3;/b9-5-;. The van der Waals surface area contributed by atoms with Crippen LogP contribution in [-0.2, 0) is 14.4 Å². The Morgan fingerprint density at radius 3 is 2.33 bits per heavy atom. The van der Waals surface area contributed by atoms with Crippen LogP contribution in [0.1, 0.15) is 11.1 Å². The number of hydrogen-bond donors (Lipinski definition) is 2. The number of phenolic OH excluding ortho intramolecular Hbond substituents is 2. The summed E-state index contributed by atoms with van der Waals surface area (Å²) in [5.41, 5.74) is 1.20. The Bertz CT molecular complexity index is 640. The van der Waals surface area contributed by atoms with E-state index >= 15 is 0 Å². The van der Waals surface area contributed by atoms with Gasteiger partial charge in [-0.1, -0.05) is 24.0 Å². The first kappa shape index (κ1) is 16.9. The molecule has 0 saturated carbocycles. The highest BCUT2D eigenvalue weighted by atomic mass is 32.2. The van der Waals surface area contributed by atoms with Crippen molar-refractivity contribution in [2.45, 2.75) is 6.92 Å². The van der Waals surface area contributed by atoms with Crippen molar-refractivity contribution in [1.29, 1.82) is 0 Å². The highest BCUT2D eigenvalue weighted by Crippen LogP contribution is 2.34. The summed E-state index contributed by atoms with van der Waals surface area (Å²) in [5, 5.41) is 19.0. The quantitative estimate of drug-likeness (QED) is 0.460. The molecule has 1 amide bonds. The van der Waals surface area contributed by atoms with Gasteiger partial charge >= 0.3 is 6.15 Å². The Balaban J connectivity index is 0.000000677. The molecule has 1 heterocycles. The molecule has 8 heteroatoms. The number of amides is 1. The number of carbonyl (C=O) groups is 1. The summed E-state index contributed by atoms with van der Waals surface area (Å²) in [6, 6.07) is 3.10. The van der Waals surface area contributed by atoms with E-state index in [2.05, 4.69) is 0 Å². The Morgan fingerprint density at radius 2 is 1.90 bits per heavy atom. The van der Waals surface area contributed by atoms with Gasteiger partial charge in [0, 0.05) is 7.05 Å². The summed E-state index contributed by atoms with van der Waals surface area (Å²) in [4.78, 5) is 30.0. The van der Waals surface area contributed by atoms with E-state index in [0.29, 0.717) is 20.4 Å². The van der Waals surface area contributed by atoms with E-state index in [4.69, 9.17) is 21.8 Å². The lowest BCUT2D eigenvalue weighted by molar-refractivity contribution is -0.191. The molecule has 1 saturated heterocycles. The minimum atomic E-state index is -0.201. The number of benzene rings is 1. The molecule has 2 rings (SSSR count). The van der Waals surface area contributed by atoms with Crippen LogP contribution in [0.25, 0.3) is 6.08 Å². The monoisotopic (exact) mass is 325 g/mol. The van der Waals surface area contributed by atoms with Gasteiger partial charge in [0.1, 0.15) is 4.32 Å². The highest BCUT2D eigenvalue weighted by Gasteiger charge is 2.28. The summed E-state index contributed by atoms with van der Waals surface area (Å²) < 4.78 is 0.506. The highest BCUT2D eigenvalue weighted by molar-refractivity contribution is 8.26. The zero-order chi connectivity index (χ0) is 16.2. The molecule has 110 valence electrons. The van der Waals surface area contributed by atoms with Crippen molar-refractivity contribution in [3.8, 4) is 11.5 Å². The van der Waals surface area contributed by atoms with Crippen molar-refractivity contribution in [3.05, 3.63) is 28.2 Å². The topological polar surface area (TPSA) is 94.9 Å². The Hall–Kier alpha value is -2.15. The van der Waals surface area contributed by atoms with Crippen molar-refractivity contribution in [1.82, 2.24) is 4.90 Å². The lowest BCUT2D eigenvalue weighted by Crippen LogP contribution is -2.22. The van der Waals surface area contributed by atoms with Gasteiger partial charge in [-0.3, -0.25) is 9.69 Å². The number of aryl methyl sites for hydroxylation is 1. The second-order valence-electron chi connectivity index (χ2n) is 4.03. The van der Waals surface area contributed by atoms with Gasteiger partial charge in [-0.2, -0.15) is 9.59 Å². The summed E-state index contributed by atoms with van der Waals surface area (Å²) in [6.45, 7) is 1.68. The first-order valence-corrected chi connectivity index (χ1v) is 6.77. The number of rotatable bonds is 1. The summed E-state index contributed by atoms with van der Waals surface area (Å²) in [6.07, 6.45) is 1.90. The molecule has 0 bridgehead atoms. The zero-order valence-corrected chi connectivity index (χ0v) is 12.7. The number of thiocarbonyl (C=S) groups is 1. The van der Waals surface area contributed by atoms with E-state index in [1.807, 2.05) is 0 Å². The summed E-state index contributed by atoms with van der Waals surface area (Å²) >= 11 is 6.24. The third-order valence-electron chi connectivity index (χ3n) is 2.59. The molecule has 0 unspecified atom stereocenters. The maximum absolute atomic E-state index is 11.8. The molecule has 2 N–H and O–H groups in total. The molecule has 0 radical (unpaired) electrons. The number of phenols is 2. The second kappa shape index (κ2) is 7.03. The van der Waals surface area contributed by atoms with E-state index in [0.717, 1.165) is 0 Å². The number of aromatic hydroxyl groups is 2. The molecule has 1 aliphatic heterocycles. The smallest absolute Gasteiger partial charge is 0.373 e. The number of likely N-dealkylation sites (N-methyl/N-ethyl adjacent to an activating group) is 1. The average Bonchev–Trinajstić information content (AvgIpc) is 2.64. The molecule has 6 nitrogen and oxygen atoms in total. The number of thioether (sulfide) groups is 1. The van der Waals surface area contributed by atoms with Gasteiger partial charge in [-0.25, -0.2) is 0 Å². The molecule has 1 aromatic carbocycles. The fraction of sp³-hybridized carbons (Fsp3) is 0.154. The zero-order valence-electron chi connectivity index (χ0n) is 11.1. The Kier molecular flexibility index (Phi) is 5.66. The number of nitrogens with zero attached hydrogens (tertiary/aromatic N) is 1. The predicted molar refractivity (Wildman–Crippen MR) is 80.5 cm³/mol. The van der Waals surface area contributed by atoms with Crippen LogP contribution in [0.3, 0.4) is 0 Å². The van der Waals surface area contributed by atoms with Crippen molar-refractivity contribution in [3.63, 3.8) is 0 Å². The maximum Gasteiger partial charge on any atom is 0.373 e. The largest absolute Gasteiger partial charge is 0.504 e. The van der Waals surface area contributed by atoms with Gasteiger partial charge < -0.3 is 10.2 Å². The van der Waals surface area contributed by atoms with Crippen LogP contribution >= 0.6 is 24.0 Å². The van der Waals surface area contributed by atoms with E-state index in [-0.39, 0.29) is 23.6 Å². The predicted octanol–water partition coefficient (Wildman–Crippen LogP) is 1.65. The van der Waals surface area contributed by atoms with E-state index < -0.39 is 0 Å². The maximum atomic E-state index is 11.8. The van der Waals surface area contributed by atoms with E-state index in [1.54, 1.807) is 26.1 Å². The normalized spacial score (nSPS) is 15.7. The van der Waals surface area contributed by atoms with Crippen LogP contribution in [0.2, 0.25) is 0 Å². The first-order valence-electron chi connectivity index (χ1n) is 5.55. The summed E-state index contributed by atoms with van der Waals surface area (Å²) in [7, 11) is 1.62. The van der Waals surface area contributed by atoms with Crippen LogP contribution in [-0.4, -0.2) is 38.5 Å². The SMILES string of the molecule is Cc1cc(/C=C2\SC(=S)N(C)C2=O)cc(O)c1O.O=C=O. The van der Waals surface area contributed by atoms with Crippen LogP contribution in [0.5, 0.6) is 11.5 Å². The molecule has 1 aliphatic rings. The van der Waals surface area contributed by atoms with Gasteiger partial charge in [0.2, 0.25) is 0 Å². The van der Waals surface area contributed by atoms with Crippen molar-refractivity contribution in [2.75, 3.05) is 7.05 Å². The fourth-order valence-electron chi connectivity index (χ4n) is 1.57. The number of hydrogen-bond acceptors (Lipinski definition) is 7. The molecule has 1 fully saturated rings.